The number of fused-ring (bicyclic) bond motifs is 1. The van der Waals surface area contributed by atoms with Gasteiger partial charge in [-0.1, -0.05) is 18.2 Å². The van der Waals surface area contributed by atoms with Crippen molar-refractivity contribution < 1.29 is 30.5 Å². The quantitative estimate of drug-likeness (QED) is 0.255. The van der Waals surface area contributed by atoms with Crippen molar-refractivity contribution in [2.45, 2.75) is 37.5 Å². The van der Waals surface area contributed by atoms with E-state index in [4.69, 9.17) is 0 Å². The van der Waals surface area contributed by atoms with E-state index in [2.05, 4.69) is 37.2 Å². The van der Waals surface area contributed by atoms with Crippen molar-refractivity contribution in [2.75, 3.05) is 31.1 Å². The van der Waals surface area contributed by atoms with E-state index in [1.165, 1.54) is 18.2 Å². The Morgan fingerprint density at radius 2 is 1.29 bits per heavy atom. The first kappa shape index (κ1) is 30.4. The maximum Gasteiger partial charge on any atom is 0.199 e. The minimum absolute atomic E-state index is 0.158. The minimum Gasteiger partial charge on any atom is -0.744 e. The summed E-state index contributed by atoms with van der Waals surface area (Å²) in [5.74, 6) is 0. The summed E-state index contributed by atoms with van der Waals surface area (Å²) in [5.41, 5.74) is 4.70. The molecule has 216 valence electrons. The molecule has 0 bridgehead atoms. The Hall–Kier alpha value is -3.57. The lowest BCUT2D eigenvalue weighted by Gasteiger charge is -2.22. The highest BCUT2D eigenvalue weighted by Gasteiger charge is 2.19. The molecule has 0 aliphatic heterocycles. The average molecular weight is 594 g/mol. The molecule has 0 spiro atoms. The van der Waals surface area contributed by atoms with Crippen LogP contribution in [0, 0.1) is 0 Å². The van der Waals surface area contributed by atoms with Crippen molar-refractivity contribution >= 4 is 48.0 Å². The highest BCUT2D eigenvalue weighted by Crippen LogP contribution is 2.37. The number of nitrogens with zero attached hydrogens (tertiary/aromatic N) is 2. The van der Waals surface area contributed by atoms with Crippen molar-refractivity contribution in [1.82, 2.24) is 0 Å². The number of rotatable bonds is 9. The van der Waals surface area contributed by atoms with E-state index in [0.717, 1.165) is 60.8 Å². The van der Waals surface area contributed by atoms with E-state index in [0.29, 0.717) is 16.5 Å². The first-order valence-electron chi connectivity index (χ1n) is 13.5. The zero-order valence-corrected chi connectivity index (χ0v) is 25.1. The second-order valence-electron chi connectivity index (χ2n) is 9.58. The molecule has 41 heavy (non-hydrogen) atoms. The molecule has 0 heterocycles. The zero-order valence-electron chi connectivity index (χ0n) is 23.5. The van der Waals surface area contributed by atoms with Crippen LogP contribution in [0.25, 0.3) is 16.3 Å². The second kappa shape index (κ2) is 12.1. The Labute approximate surface area is 242 Å². The predicted molar refractivity (Wildman–Crippen MR) is 161 cm³/mol. The van der Waals surface area contributed by atoms with Gasteiger partial charge in [-0.15, -0.1) is 0 Å². The van der Waals surface area contributed by atoms with Crippen LogP contribution < -0.4 is 4.90 Å². The summed E-state index contributed by atoms with van der Waals surface area (Å²) in [5, 5.41) is 0.659. The topological polar surface area (TPSA) is 121 Å². The molecule has 0 atom stereocenters. The van der Waals surface area contributed by atoms with Gasteiger partial charge in [0.05, 0.1) is 9.79 Å². The lowest BCUT2D eigenvalue weighted by Crippen LogP contribution is -2.21. The normalized spacial score (nSPS) is 13.6. The molecule has 3 aromatic carbocycles. The van der Waals surface area contributed by atoms with Gasteiger partial charge in [0.25, 0.3) is 0 Å². The number of anilines is 1. The fraction of sp³-hybridized carbons (Fsp3) is 0.258. The summed E-state index contributed by atoms with van der Waals surface area (Å²) in [6.07, 6.45) is 7.88. The summed E-state index contributed by atoms with van der Waals surface area (Å²) >= 11 is 0. The molecule has 0 unspecified atom stereocenters. The molecule has 0 aromatic heterocycles. The summed E-state index contributed by atoms with van der Waals surface area (Å²) in [6.45, 7) is 11.6. The van der Waals surface area contributed by atoms with Gasteiger partial charge < -0.3 is 14.0 Å². The predicted octanol–water partition coefficient (Wildman–Crippen LogP) is 4.92. The van der Waals surface area contributed by atoms with E-state index in [9.17, 15) is 25.9 Å². The minimum atomic E-state index is -4.92. The van der Waals surface area contributed by atoms with Gasteiger partial charge in [0.2, 0.25) is 0 Å². The third-order valence-electron chi connectivity index (χ3n) is 7.31. The van der Waals surface area contributed by atoms with Gasteiger partial charge in [0, 0.05) is 30.9 Å². The molecular weight excluding hydrogens is 560 g/mol. The molecule has 1 aliphatic rings. The zero-order chi connectivity index (χ0) is 29.9. The fourth-order valence-electron chi connectivity index (χ4n) is 5.16. The maximum atomic E-state index is 12.2. The van der Waals surface area contributed by atoms with Gasteiger partial charge in [-0.05, 0) is 109 Å². The van der Waals surface area contributed by atoms with Crippen LogP contribution in [0.15, 0.2) is 94.3 Å². The molecule has 10 heteroatoms. The smallest absolute Gasteiger partial charge is 0.199 e. The second-order valence-corrected chi connectivity index (χ2v) is 12.3. The molecule has 1 aliphatic carbocycles. The van der Waals surface area contributed by atoms with Crippen molar-refractivity contribution in [2.24, 2.45) is 0 Å². The van der Waals surface area contributed by atoms with Gasteiger partial charge in [-0.2, -0.15) is 0 Å². The van der Waals surface area contributed by atoms with Crippen molar-refractivity contribution in [1.29, 1.82) is 0 Å². The van der Waals surface area contributed by atoms with Gasteiger partial charge >= 0.3 is 0 Å². The highest BCUT2D eigenvalue weighted by atomic mass is 32.2. The van der Waals surface area contributed by atoms with Crippen LogP contribution >= 0.6 is 0 Å². The Morgan fingerprint density at radius 1 is 0.732 bits per heavy atom. The summed E-state index contributed by atoms with van der Waals surface area (Å²) in [6, 6.07) is 14.1. The highest BCUT2D eigenvalue weighted by molar-refractivity contribution is 7.86. The first-order chi connectivity index (χ1) is 19.4. The van der Waals surface area contributed by atoms with E-state index >= 15 is 0 Å². The molecule has 0 amide bonds. The summed E-state index contributed by atoms with van der Waals surface area (Å²) < 4.78 is 74.1. The van der Waals surface area contributed by atoms with Crippen molar-refractivity contribution in [3.63, 3.8) is 0 Å². The van der Waals surface area contributed by atoms with Crippen LogP contribution in [0.4, 0.5) is 5.69 Å². The largest absolute Gasteiger partial charge is 0.744 e. The Morgan fingerprint density at radius 3 is 1.80 bits per heavy atom. The summed E-state index contributed by atoms with van der Waals surface area (Å²) in [4.78, 5) is 1.18. The Kier molecular flexibility index (Phi) is 8.98. The van der Waals surface area contributed by atoms with Crippen LogP contribution in [0.2, 0.25) is 0 Å². The van der Waals surface area contributed by atoms with Crippen molar-refractivity contribution in [3.05, 3.63) is 95.6 Å². The number of hydrogen-bond donors (Lipinski definition) is 0. The standard InChI is InChI=1S/C31H34N2O6S2/c1-5-32(6-2)25-13-9-22(10-14-25)31(23-11-15-26(16-12-23)33(7-3)8-4)30-21-28(41(37,38)39)20-24-19-27(40(34,35)36)17-18-29(24)30/h9-21H,5-8H2,1-4H3,(H-,34,35,36,37,38,39)/p-1. The van der Waals surface area contributed by atoms with Crippen LogP contribution in [0.5, 0.6) is 0 Å². The molecule has 0 fully saturated rings. The molecule has 3 aromatic rings. The van der Waals surface area contributed by atoms with E-state index in [-0.39, 0.29) is 5.39 Å². The maximum absolute atomic E-state index is 12.2. The van der Waals surface area contributed by atoms with Crippen LogP contribution in [-0.2, 0) is 20.2 Å². The monoisotopic (exact) mass is 593 g/mol. The van der Waals surface area contributed by atoms with Gasteiger partial charge in [0.15, 0.2) is 5.71 Å². The van der Waals surface area contributed by atoms with Crippen LogP contribution in [0.1, 0.15) is 38.8 Å². The average Bonchev–Trinajstić information content (AvgIpc) is 2.94. The molecule has 0 N–H and O–H groups in total. The third kappa shape index (κ3) is 6.51. The number of hydrogen-bond acceptors (Lipinski definition) is 7. The summed E-state index contributed by atoms with van der Waals surface area (Å²) in [7, 11) is -9.73. The SMILES string of the molecule is CCN(CC)c1ccc(C(=C2C=CC(=[N+](CC)CC)C=C2)c2cc(S(=O)(=O)[O-])cc3cc(S(=O)(=O)[O-])ccc23)cc1. The molecular formula is C31H33N2O6S2-. The van der Waals surface area contributed by atoms with E-state index in [1.807, 2.05) is 48.6 Å². The lowest BCUT2D eigenvalue weighted by atomic mass is 9.88. The number of allylic oxidation sites excluding steroid dienone is 5. The van der Waals surface area contributed by atoms with E-state index < -0.39 is 30.0 Å². The Bertz CT molecular complexity index is 1780. The first-order valence-corrected chi connectivity index (χ1v) is 16.3. The molecule has 0 saturated carbocycles. The Balaban J connectivity index is 2.07. The molecule has 4 rings (SSSR count). The molecule has 8 nitrogen and oxygen atoms in total. The van der Waals surface area contributed by atoms with Crippen LogP contribution in [-0.4, -0.2) is 62.4 Å². The fourth-order valence-corrected chi connectivity index (χ4v) is 6.20. The molecule has 0 radical (unpaired) electrons. The number of benzene rings is 3. The van der Waals surface area contributed by atoms with Gasteiger partial charge in [0.1, 0.15) is 33.3 Å². The van der Waals surface area contributed by atoms with Crippen molar-refractivity contribution in [3.8, 4) is 0 Å². The van der Waals surface area contributed by atoms with E-state index in [1.54, 1.807) is 0 Å². The van der Waals surface area contributed by atoms with Gasteiger partial charge in [-0.3, -0.25) is 0 Å². The molecule has 0 saturated heterocycles. The van der Waals surface area contributed by atoms with Crippen LogP contribution in [0.3, 0.4) is 0 Å². The van der Waals surface area contributed by atoms with Gasteiger partial charge in [-0.25, -0.2) is 21.4 Å². The third-order valence-corrected chi connectivity index (χ3v) is 8.96. The lowest BCUT2D eigenvalue weighted by molar-refractivity contribution is -0.519.